The van der Waals surface area contributed by atoms with Crippen molar-refractivity contribution in [3.05, 3.63) is 59.4 Å². The van der Waals surface area contributed by atoms with Gasteiger partial charge in [0.15, 0.2) is 0 Å². The lowest BCUT2D eigenvalue weighted by Gasteiger charge is -2.36. The number of nitrogens with zero attached hydrogens (tertiary/aromatic N) is 2. The summed E-state index contributed by atoms with van der Waals surface area (Å²) in [5, 5.41) is 3.37. The van der Waals surface area contributed by atoms with Crippen molar-refractivity contribution in [1.82, 2.24) is 15.2 Å². The molecule has 0 aliphatic carbocycles. The fourth-order valence-electron chi connectivity index (χ4n) is 3.12. The van der Waals surface area contributed by atoms with Crippen molar-refractivity contribution < 1.29 is 9.53 Å². The molecule has 2 aromatic rings. The maximum atomic E-state index is 12.9. The number of aromatic nitrogens is 1. The van der Waals surface area contributed by atoms with Gasteiger partial charge in [-0.2, -0.15) is 0 Å². The van der Waals surface area contributed by atoms with Crippen LogP contribution in [0.4, 0.5) is 0 Å². The van der Waals surface area contributed by atoms with E-state index in [2.05, 4.69) is 10.3 Å². The molecule has 1 N–H and O–H groups in total. The van der Waals surface area contributed by atoms with Crippen molar-refractivity contribution in [3.8, 4) is 5.75 Å². The fraction of sp³-hybridized carbons (Fsp3) is 0.368. The quantitative estimate of drug-likeness (QED) is 0.935. The van der Waals surface area contributed by atoms with Crippen LogP contribution in [0.2, 0.25) is 0 Å². The molecule has 0 spiro atoms. The van der Waals surface area contributed by atoms with Crippen molar-refractivity contribution >= 4 is 5.91 Å². The molecule has 1 fully saturated rings. The summed E-state index contributed by atoms with van der Waals surface area (Å²) in [4.78, 5) is 19.0. The number of carbonyl (C=O) groups excluding carboxylic acids is 1. The van der Waals surface area contributed by atoms with Gasteiger partial charge in [-0.3, -0.25) is 9.78 Å². The van der Waals surface area contributed by atoms with Crippen LogP contribution in [0, 0.1) is 6.92 Å². The summed E-state index contributed by atoms with van der Waals surface area (Å²) in [5.74, 6) is 0.959. The molecular formula is C19H23N3O2. The first-order valence-electron chi connectivity index (χ1n) is 8.22. The van der Waals surface area contributed by atoms with Gasteiger partial charge in [0.05, 0.1) is 19.6 Å². The van der Waals surface area contributed by atoms with Crippen LogP contribution >= 0.6 is 0 Å². The Morgan fingerprint density at radius 1 is 1.42 bits per heavy atom. The van der Waals surface area contributed by atoms with Crippen LogP contribution in [0.3, 0.4) is 0 Å². The van der Waals surface area contributed by atoms with Crippen LogP contribution < -0.4 is 10.1 Å². The summed E-state index contributed by atoms with van der Waals surface area (Å²) in [6.45, 7) is 4.29. The number of benzene rings is 1. The third kappa shape index (κ3) is 3.57. The van der Waals surface area contributed by atoms with Crippen LogP contribution in [-0.4, -0.2) is 42.5 Å². The first kappa shape index (κ1) is 16.5. The van der Waals surface area contributed by atoms with Gasteiger partial charge in [0, 0.05) is 32.0 Å². The highest BCUT2D eigenvalue weighted by molar-refractivity contribution is 5.79. The predicted octanol–water partition coefficient (Wildman–Crippen LogP) is 2.11. The van der Waals surface area contributed by atoms with E-state index < -0.39 is 0 Å². The molecule has 5 heteroatoms. The summed E-state index contributed by atoms with van der Waals surface area (Å²) in [5.41, 5.74) is 3.12. The molecule has 0 radical (unpaired) electrons. The van der Waals surface area contributed by atoms with Gasteiger partial charge in [0.2, 0.25) is 5.91 Å². The Bertz CT molecular complexity index is 703. The van der Waals surface area contributed by atoms with Crippen molar-refractivity contribution in [2.24, 2.45) is 0 Å². The third-order valence-electron chi connectivity index (χ3n) is 4.46. The molecule has 2 heterocycles. The van der Waals surface area contributed by atoms with E-state index in [9.17, 15) is 4.79 Å². The lowest BCUT2D eigenvalue weighted by molar-refractivity contribution is -0.133. The zero-order valence-electron chi connectivity index (χ0n) is 14.2. The third-order valence-corrected chi connectivity index (χ3v) is 4.46. The normalized spacial score (nSPS) is 17.6. The van der Waals surface area contributed by atoms with Gasteiger partial charge in [0.25, 0.3) is 0 Å². The molecule has 24 heavy (non-hydrogen) atoms. The number of methoxy groups -OCH3 is 1. The van der Waals surface area contributed by atoms with Gasteiger partial charge in [-0.15, -0.1) is 0 Å². The molecule has 126 valence electrons. The first-order valence-corrected chi connectivity index (χ1v) is 8.22. The van der Waals surface area contributed by atoms with Crippen molar-refractivity contribution in [2.45, 2.75) is 19.4 Å². The topological polar surface area (TPSA) is 54.5 Å². The summed E-state index contributed by atoms with van der Waals surface area (Å²) in [7, 11) is 1.66. The van der Waals surface area contributed by atoms with E-state index in [1.54, 1.807) is 13.3 Å². The zero-order chi connectivity index (χ0) is 16.9. The molecule has 1 saturated heterocycles. The molecule has 1 unspecified atom stereocenters. The maximum absolute atomic E-state index is 12.9. The van der Waals surface area contributed by atoms with Crippen LogP contribution in [0.25, 0.3) is 0 Å². The largest absolute Gasteiger partial charge is 0.496 e. The molecule has 1 atom stereocenters. The van der Waals surface area contributed by atoms with Crippen molar-refractivity contribution in [1.29, 1.82) is 0 Å². The summed E-state index contributed by atoms with van der Waals surface area (Å²) >= 11 is 0. The number of nitrogens with one attached hydrogen (secondary N) is 1. The SMILES string of the molecule is COc1cc(CC(=O)N2CCNCC2c2cccnc2)ccc1C. The molecule has 5 nitrogen and oxygen atoms in total. The number of pyridine rings is 1. The van der Waals surface area contributed by atoms with E-state index in [-0.39, 0.29) is 11.9 Å². The maximum Gasteiger partial charge on any atom is 0.227 e. The molecule has 1 aromatic heterocycles. The lowest BCUT2D eigenvalue weighted by Crippen LogP contribution is -2.49. The van der Waals surface area contributed by atoms with E-state index in [1.807, 2.05) is 48.4 Å². The second-order valence-corrected chi connectivity index (χ2v) is 6.07. The highest BCUT2D eigenvalue weighted by Gasteiger charge is 2.27. The van der Waals surface area contributed by atoms with Crippen LogP contribution in [-0.2, 0) is 11.2 Å². The summed E-state index contributed by atoms with van der Waals surface area (Å²) in [6.07, 6.45) is 3.98. The first-order chi connectivity index (χ1) is 11.7. The Kier molecular flexibility index (Phi) is 5.11. The Balaban J connectivity index is 1.77. The Morgan fingerprint density at radius 3 is 3.04 bits per heavy atom. The van der Waals surface area contributed by atoms with Crippen molar-refractivity contribution in [2.75, 3.05) is 26.7 Å². The minimum absolute atomic E-state index is 0.0345. The van der Waals surface area contributed by atoms with E-state index >= 15 is 0 Å². The average molecular weight is 325 g/mol. The van der Waals surface area contributed by atoms with Gasteiger partial charge < -0.3 is 15.0 Å². The summed E-state index contributed by atoms with van der Waals surface area (Å²) < 4.78 is 5.36. The van der Waals surface area contributed by atoms with E-state index in [4.69, 9.17) is 4.74 Å². The molecule has 1 amide bonds. The highest BCUT2D eigenvalue weighted by Crippen LogP contribution is 2.24. The predicted molar refractivity (Wildman–Crippen MR) is 93.0 cm³/mol. The zero-order valence-corrected chi connectivity index (χ0v) is 14.2. The Labute approximate surface area is 142 Å². The molecular weight excluding hydrogens is 302 g/mol. The number of hydrogen-bond donors (Lipinski definition) is 1. The lowest BCUT2D eigenvalue weighted by atomic mass is 10.0. The number of rotatable bonds is 4. The van der Waals surface area contributed by atoms with Crippen LogP contribution in [0.15, 0.2) is 42.7 Å². The van der Waals surface area contributed by atoms with E-state index in [1.165, 1.54) is 0 Å². The standard InChI is InChI=1S/C19H23N3O2/c1-14-5-6-15(10-18(14)24-2)11-19(23)22-9-8-21-13-17(22)16-4-3-7-20-12-16/h3-7,10,12,17,21H,8-9,11,13H2,1-2H3. The average Bonchev–Trinajstić information content (AvgIpc) is 2.64. The Hall–Kier alpha value is -2.40. The minimum atomic E-state index is 0.0345. The van der Waals surface area contributed by atoms with Gasteiger partial charge >= 0.3 is 0 Å². The molecule has 3 rings (SSSR count). The monoisotopic (exact) mass is 325 g/mol. The summed E-state index contributed by atoms with van der Waals surface area (Å²) in [6, 6.07) is 9.92. The van der Waals surface area contributed by atoms with E-state index in [0.29, 0.717) is 13.0 Å². The highest BCUT2D eigenvalue weighted by atomic mass is 16.5. The van der Waals surface area contributed by atoms with Crippen molar-refractivity contribution in [3.63, 3.8) is 0 Å². The number of amides is 1. The second kappa shape index (κ2) is 7.45. The van der Waals surface area contributed by atoms with Gasteiger partial charge in [0.1, 0.15) is 5.75 Å². The number of carbonyl (C=O) groups is 1. The number of ether oxygens (including phenoxy) is 1. The van der Waals surface area contributed by atoms with E-state index in [0.717, 1.165) is 35.5 Å². The van der Waals surface area contributed by atoms with Gasteiger partial charge in [-0.25, -0.2) is 0 Å². The smallest absolute Gasteiger partial charge is 0.227 e. The molecule has 1 aromatic carbocycles. The molecule has 1 aliphatic rings. The molecule has 0 bridgehead atoms. The number of hydrogen-bond acceptors (Lipinski definition) is 4. The Morgan fingerprint density at radius 2 is 2.29 bits per heavy atom. The fourth-order valence-corrected chi connectivity index (χ4v) is 3.12. The second-order valence-electron chi connectivity index (χ2n) is 6.07. The number of aryl methyl sites for hydroxylation is 1. The molecule has 1 aliphatic heterocycles. The minimum Gasteiger partial charge on any atom is -0.496 e. The van der Waals surface area contributed by atoms with Gasteiger partial charge in [-0.05, 0) is 35.7 Å². The number of piperazine rings is 1. The van der Waals surface area contributed by atoms with Crippen LogP contribution in [0.5, 0.6) is 5.75 Å². The van der Waals surface area contributed by atoms with Gasteiger partial charge in [-0.1, -0.05) is 18.2 Å². The van der Waals surface area contributed by atoms with Crippen LogP contribution in [0.1, 0.15) is 22.7 Å². The molecule has 0 saturated carbocycles.